The van der Waals surface area contributed by atoms with Crippen molar-refractivity contribution in [2.75, 3.05) is 5.73 Å². The summed E-state index contributed by atoms with van der Waals surface area (Å²) in [7, 11) is 0. The van der Waals surface area contributed by atoms with E-state index in [1.54, 1.807) is 19.9 Å². The zero-order valence-corrected chi connectivity index (χ0v) is 7.19. The molecule has 4 heteroatoms. The van der Waals surface area contributed by atoms with Crippen LogP contribution in [0, 0.1) is 0 Å². The molecule has 0 aliphatic carbocycles. The molecule has 0 bridgehead atoms. The van der Waals surface area contributed by atoms with Crippen molar-refractivity contribution in [2.24, 2.45) is 0 Å². The minimum absolute atomic E-state index is 0.224. The molecule has 0 saturated heterocycles. The van der Waals surface area contributed by atoms with Gasteiger partial charge in [0, 0.05) is 0 Å². The van der Waals surface area contributed by atoms with Gasteiger partial charge in [0.25, 0.3) is 0 Å². The zero-order chi connectivity index (χ0) is 9.14. The Morgan fingerprint density at radius 1 is 1.75 bits per heavy atom. The highest BCUT2D eigenvalue weighted by Crippen LogP contribution is 1.99. The molecule has 3 N–H and O–H groups in total. The van der Waals surface area contributed by atoms with Crippen molar-refractivity contribution < 1.29 is 4.39 Å². The van der Waals surface area contributed by atoms with Gasteiger partial charge in [-0.15, -0.1) is 0 Å². The minimum atomic E-state index is -0.227. The number of anilines is 1. The van der Waals surface area contributed by atoms with Crippen molar-refractivity contribution in [1.29, 1.82) is 0 Å². The summed E-state index contributed by atoms with van der Waals surface area (Å²) in [6.07, 6.45) is 2.08. The van der Waals surface area contributed by atoms with E-state index in [2.05, 4.69) is 10.2 Å². The lowest BCUT2D eigenvalue weighted by Crippen LogP contribution is -2.25. The van der Waals surface area contributed by atoms with Gasteiger partial charge >= 0.3 is 0 Å². The average Bonchev–Trinajstić information content (AvgIpc) is 2.45. The molecule has 3 nitrogen and oxygen atoms in total. The maximum absolute atomic E-state index is 13.2. The Morgan fingerprint density at radius 3 is 2.92 bits per heavy atom. The quantitative estimate of drug-likeness (QED) is 0.634. The van der Waals surface area contributed by atoms with Crippen LogP contribution in [-0.2, 0) is 0 Å². The Morgan fingerprint density at radius 2 is 2.42 bits per heavy atom. The van der Waals surface area contributed by atoms with Gasteiger partial charge in [-0.05, 0) is 13.3 Å². The van der Waals surface area contributed by atoms with E-state index in [1.165, 1.54) is 0 Å². The Bertz CT molecular complexity index is 377. The number of hydrogen-bond acceptors (Lipinski definition) is 2. The van der Waals surface area contributed by atoms with E-state index in [0.29, 0.717) is 17.0 Å². The van der Waals surface area contributed by atoms with E-state index >= 15 is 0 Å². The van der Waals surface area contributed by atoms with Crippen LogP contribution < -0.4 is 16.3 Å². The number of nitrogens with two attached hydrogens (primary N) is 1. The summed E-state index contributed by atoms with van der Waals surface area (Å²) < 4.78 is 13.2. The summed E-state index contributed by atoms with van der Waals surface area (Å²) >= 11 is 0. The predicted molar refractivity (Wildman–Crippen MR) is 47.2 cm³/mol. The molecule has 66 valence electrons. The lowest BCUT2D eigenvalue weighted by atomic mass is 10.3. The summed E-state index contributed by atoms with van der Waals surface area (Å²) in [5, 5.41) is 7.41. The molecular formula is C8H12FN3. The summed E-state index contributed by atoms with van der Waals surface area (Å²) in [6, 6.07) is 0. The number of aromatic amines is 1. The maximum Gasteiger partial charge on any atom is 0.155 e. The second-order valence-corrected chi connectivity index (χ2v) is 2.44. The van der Waals surface area contributed by atoms with Crippen LogP contribution in [0.5, 0.6) is 0 Å². The first-order chi connectivity index (χ1) is 5.70. The third-order valence-electron chi connectivity index (χ3n) is 1.69. The number of aromatic nitrogens is 2. The molecule has 0 radical (unpaired) electrons. The monoisotopic (exact) mass is 169 g/mol. The van der Waals surface area contributed by atoms with Crippen molar-refractivity contribution in [3.05, 3.63) is 10.6 Å². The fourth-order valence-electron chi connectivity index (χ4n) is 1.04. The summed E-state index contributed by atoms with van der Waals surface area (Å²) in [4.78, 5) is 0. The molecule has 0 aliphatic rings. The summed E-state index contributed by atoms with van der Waals surface area (Å²) in [6.45, 7) is 3.54. The molecule has 0 unspecified atom stereocenters. The molecule has 0 saturated carbocycles. The van der Waals surface area contributed by atoms with Crippen LogP contribution in [0.4, 0.5) is 10.2 Å². The molecule has 0 amide bonds. The highest BCUT2D eigenvalue weighted by molar-refractivity contribution is 5.45. The van der Waals surface area contributed by atoms with Crippen LogP contribution in [0.3, 0.4) is 0 Å². The Labute approximate surface area is 69.8 Å². The van der Waals surface area contributed by atoms with Crippen molar-refractivity contribution in [2.45, 2.75) is 20.3 Å². The highest BCUT2D eigenvalue weighted by atomic mass is 19.1. The SMILES string of the molecule is C/C=c1/[nH]nc(N)/c1=C(\F)CC. The van der Waals surface area contributed by atoms with E-state index in [9.17, 15) is 4.39 Å². The number of nitrogens with one attached hydrogen (secondary N) is 1. The average molecular weight is 169 g/mol. The van der Waals surface area contributed by atoms with Gasteiger partial charge in [0.2, 0.25) is 0 Å². The smallest absolute Gasteiger partial charge is 0.155 e. The van der Waals surface area contributed by atoms with Crippen LogP contribution in [0.25, 0.3) is 11.9 Å². The van der Waals surface area contributed by atoms with Crippen molar-refractivity contribution in [3.63, 3.8) is 0 Å². The first kappa shape index (κ1) is 8.77. The van der Waals surface area contributed by atoms with E-state index in [4.69, 9.17) is 5.73 Å². The van der Waals surface area contributed by atoms with Crippen LogP contribution in [0.1, 0.15) is 20.3 Å². The number of nitrogen functional groups attached to an aromatic ring is 1. The number of rotatable bonds is 1. The lowest BCUT2D eigenvalue weighted by molar-refractivity contribution is 0.710. The van der Waals surface area contributed by atoms with Gasteiger partial charge in [0.05, 0.1) is 10.6 Å². The predicted octanol–water partition coefficient (Wildman–Crippen LogP) is 0.280. The van der Waals surface area contributed by atoms with E-state index in [0.717, 1.165) is 0 Å². The molecule has 0 atom stereocenters. The molecule has 0 aromatic carbocycles. The third-order valence-corrected chi connectivity index (χ3v) is 1.69. The molecule has 0 fully saturated rings. The van der Waals surface area contributed by atoms with E-state index in [-0.39, 0.29) is 11.6 Å². The zero-order valence-electron chi connectivity index (χ0n) is 7.19. The number of H-pyrrole nitrogens is 1. The number of hydrogen-bond donors (Lipinski definition) is 2. The van der Waals surface area contributed by atoms with Gasteiger partial charge in [-0.25, -0.2) is 4.39 Å². The maximum atomic E-state index is 13.2. The lowest BCUT2D eigenvalue weighted by Gasteiger charge is -1.87. The largest absolute Gasteiger partial charge is 0.382 e. The fourth-order valence-corrected chi connectivity index (χ4v) is 1.04. The van der Waals surface area contributed by atoms with Gasteiger partial charge < -0.3 is 5.73 Å². The highest BCUT2D eigenvalue weighted by Gasteiger charge is 2.01. The summed E-state index contributed by atoms with van der Waals surface area (Å²) in [5.74, 6) is -0.00296. The van der Waals surface area contributed by atoms with Crippen LogP contribution in [0.2, 0.25) is 0 Å². The van der Waals surface area contributed by atoms with Crippen LogP contribution >= 0.6 is 0 Å². The molecular weight excluding hydrogens is 157 g/mol. The van der Waals surface area contributed by atoms with Crippen LogP contribution in [-0.4, -0.2) is 10.2 Å². The van der Waals surface area contributed by atoms with E-state index < -0.39 is 0 Å². The minimum Gasteiger partial charge on any atom is -0.382 e. The molecule has 1 heterocycles. The number of halogens is 1. The standard InChI is InChI=1S/C8H12FN3/c1-3-5(9)7-6(4-2)11-12-8(7)10/h4,11H,3H2,1-2H3,(H2,10,12)/b6-4+,7-5-. The number of nitrogens with zero attached hydrogens (tertiary/aromatic N) is 1. The second kappa shape index (κ2) is 3.38. The molecule has 1 rings (SSSR count). The molecule has 1 aromatic heterocycles. The van der Waals surface area contributed by atoms with Gasteiger partial charge in [-0.1, -0.05) is 13.0 Å². The second-order valence-electron chi connectivity index (χ2n) is 2.44. The van der Waals surface area contributed by atoms with Gasteiger partial charge in [-0.3, -0.25) is 5.10 Å². The molecule has 0 spiro atoms. The van der Waals surface area contributed by atoms with Crippen LogP contribution in [0.15, 0.2) is 0 Å². The fraction of sp³-hybridized carbons (Fsp3) is 0.375. The Balaban J connectivity index is 3.60. The Kier molecular flexibility index (Phi) is 2.47. The van der Waals surface area contributed by atoms with Gasteiger partial charge in [0.15, 0.2) is 5.82 Å². The van der Waals surface area contributed by atoms with Crippen molar-refractivity contribution in [1.82, 2.24) is 10.2 Å². The van der Waals surface area contributed by atoms with Crippen molar-refractivity contribution >= 4 is 17.7 Å². The van der Waals surface area contributed by atoms with Gasteiger partial charge in [0.1, 0.15) is 5.83 Å². The Hall–Kier alpha value is -1.32. The normalized spacial score (nSPS) is 15.1. The first-order valence-corrected chi connectivity index (χ1v) is 3.85. The van der Waals surface area contributed by atoms with Gasteiger partial charge in [-0.2, -0.15) is 5.10 Å². The topological polar surface area (TPSA) is 54.7 Å². The summed E-state index contributed by atoms with van der Waals surface area (Å²) in [5.41, 5.74) is 5.47. The molecule has 0 aliphatic heterocycles. The third kappa shape index (κ3) is 1.32. The molecule has 1 aromatic rings. The molecule has 12 heavy (non-hydrogen) atoms. The first-order valence-electron chi connectivity index (χ1n) is 3.85. The van der Waals surface area contributed by atoms with E-state index in [1.807, 2.05) is 0 Å². The van der Waals surface area contributed by atoms with Crippen molar-refractivity contribution in [3.8, 4) is 0 Å².